The first-order valence-electron chi connectivity index (χ1n) is 26.5. The van der Waals surface area contributed by atoms with Crippen molar-refractivity contribution in [3.63, 3.8) is 0 Å². The van der Waals surface area contributed by atoms with Crippen LogP contribution in [0.1, 0.15) is 105 Å². The van der Waals surface area contributed by atoms with E-state index in [0.29, 0.717) is 0 Å². The third-order valence-electron chi connectivity index (χ3n) is 15.4. The van der Waals surface area contributed by atoms with Crippen LogP contribution in [0.3, 0.4) is 0 Å². The van der Waals surface area contributed by atoms with Crippen molar-refractivity contribution in [2.24, 2.45) is 0 Å². The fourth-order valence-corrected chi connectivity index (χ4v) is 10.8. The van der Waals surface area contributed by atoms with Crippen LogP contribution in [0, 0.1) is 10.4 Å². The van der Waals surface area contributed by atoms with Crippen molar-refractivity contribution in [2.45, 2.75) is 105 Å². The second-order valence-corrected chi connectivity index (χ2v) is 24.9. The van der Waals surface area contributed by atoms with Gasteiger partial charge in [0.15, 0.2) is 0 Å². The summed E-state index contributed by atoms with van der Waals surface area (Å²) in [5.74, 6) is 0. The van der Waals surface area contributed by atoms with Gasteiger partial charge in [-0.25, -0.2) is 0 Å². The van der Waals surface area contributed by atoms with Gasteiger partial charge in [-0.2, -0.15) is 0 Å². The molecule has 0 bridgehead atoms. The molecule has 0 aliphatic carbocycles. The maximum atomic E-state index is 5.08. The maximum Gasteiger partial charge on any atom is 2.00 e. The van der Waals surface area contributed by atoms with Gasteiger partial charge in [0.05, 0.1) is 0 Å². The summed E-state index contributed by atoms with van der Waals surface area (Å²) >= 11 is 0. The van der Waals surface area contributed by atoms with E-state index in [1.165, 1.54) is 66.8 Å². The van der Waals surface area contributed by atoms with E-state index in [-0.39, 0.29) is 79.5 Å². The molecule has 0 amide bonds. The van der Waals surface area contributed by atoms with Gasteiger partial charge in [0, 0.05) is 0 Å². The normalized spacial score (nSPS) is 12.4. The van der Waals surface area contributed by atoms with Crippen molar-refractivity contribution in [3.8, 4) is 66.8 Å². The Hall–Kier alpha value is -5.78. The summed E-state index contributed by atoms with van der Waals surface area (Å²) in [6.07, 6.45) is 0. The van der Waals surface area contributed by atoms with Gasteiger partial charge in [0.2, 0.25) is 0 Å². The number of halogens is 2. The minimum absolute atomic E-state index is 0. The van der Waals surface area contributed by atoms with Crippen molar-refractivity contribution in [1.82, 2.24) is 0 Å². The first-order valence-corrected chi connectivity index (χ1v) is 26.5. The van der Waals surface area contributed by atoms with E-state index >= 15 is 0 Å². The summed E-state index contributed by atoms with van der Waals surface area (Å²) in [7, 11) is 0. The van der Waals surface area contributed by atoms with E-state index < -0.39 is 0 Å². The molecule has 0 saturated carbocycles. The van der Waals surface area contributed by atoms with Gasteiger partial charge in [0.1, 0.15) is 0 Å². The Labute approximate surface area is 497 Å². The van der Waals surface area contributed by atoms with Crippen LogP contribution in [0.5, 0.6) is 0 Å². The minimum Gasteiger partial charge on any atom is -1.00 e. The van der Waals surface area contributed by atoms with Gasteiger partial charge in [-0.1, -0.05) is 242 Å². The van der Waals surface area contributed by atoms with Crippen molar-refractivity contribution >= 4 is 58.6 Å². The molecule has 0 aliphatic rings. The zero-order chi connectivity index (χ0) is 52.5. The molecule has 0 heterocycles. The van der Waals surface area contributed by atoms with Crippen LogP contribution in [-0.4, -0.2) is 23.9 Å². The van der Waals surface area contributed by atoms with Gasteiger partial charge in [-0.05, 0) is 202 Å². The molecule has 0 aliphatic heterocycles. The van der Waals surface area contributed by atoms with E-state index in [0.717, 1.165) is 64.7 Å². The number of hydrogen-bond donors (Lipinski definition) is 0. The average Bonchev–Trinajstić information content (AvgIpc) is 3.37. The first-order chi connectivity index (χ1) is 35.0. The molecule has 0 N–H and O–H groups in total. The van der Waals surface area contributed by atoms with Crippen LogP contribution in [0.2, 0.25) is 0 Å². The monoisotopic (exact) mass is 1240 g/mol. The molecule has 10 aromatic carbocycles. The van der Waals surface area contributed by atoms with Gasteiger partial charge in [-0.3, -0.25) is 0 Å². The smallest absolute Gasteiger partial charge is 1.00 e. The number of hydrogen-bond acceptors (Lipinski definition) is 0. The first kappa shape index (κ1) is 58.9. The molecule has 0 unspecified atom stereocenters. The Morgan fingerprint density at radius 3 is 0.714 bits per heavy atom. The Balaban J connectivity index is 0.00000287. The molecule has 0 atom stereocenters. The SMILES string of the molecule is C=c1c(-c2cc(-c3ccc(C(C)(C)C)cc3)cc(-c3ccc(C(C)(C)C)cc3)c2)cc2ccccc2c1=c1c(=C)c(-c2cc(-c3ccc(C(C)(C)C)cc3)cc(-c3ccc(C(C)(C)C)cc3)c2)cc2ccccc12.[Br-].[Br-].[Sn+2]. The van der Waals surface area contributed by atoms with Gasteiger partial charge < -0.3 is 34.0 Å². The predicted octanol–water partition coefficient (Wildman–Crippen LogP) is 12.9. The molecule has 386 valence electrons. The maximum absolute atomic E-state index is 5.08. The van der Waals surface area contributed by atoms with Gasteiger partial charge >= 0.3 is 23.9 Å². The molecule has 0 saturated heterocycles. The minimum atomic E-state index is 0. The Kier molecular flexibility index (Phi) is 17.2. The second kappa shape index (κ2) is 22.5. The molecule has 10 rings (SSSR count). The van der Waals surface area contributed by atoms with E-state index in [9.17, 15) is 0 Å². The molecule has 10 aromatic rings. The van der Waals surface area contributed by atoms with Crippen LogP contribution in [-0.2, 0) is 21.7 Å². The average molecular weight is 1240 g/mol. The Bertz CT molecular complexity index is 3560. The zero-order valence-corrected chi connectivity index (χ0v) is 53.2. The molecule has 77 heavy (non-hydrogen) atoms. The topological polar surface area (TPSA) is 0 Å². The summed E-state index contributed by atoms with van der Waals surface area (Å²) in [5, 5.41) is 8.84. The van der Waals surface area contributed by atoms with E-state index in [1.807, 2.05) is 0 Å². The summed E-state index contributed by atoms with van der Waals surface area (Å²) in [6, 6.07) is 73.2. The Morgan fingerprint density at radius 1 is 0.260 bits per heavy atom. The zero-order valence-electron chi connectivity index (χ0n) is 47.1. The van der Waals surface area contributed by atoms with Crippen LogP contribution in [0.4, 0.5) is 0 Å². The number of fused-ring (bicyclic) bond motifs is 2. The van der Waals surface area contributed by atoms with Crippen LogP contribution < -0.4 is 44.4 Å². The van der Waals surface area contributed by atoms with E-state index in [1.54, 1.807) is 0 Å². The summed E-state index contributed by atoms with van der Waals surface area (Å²) < 4.78 is 0. The number of rotatable bonds is 6. The van der Waals surface area contributed by atoms with Gasteiger partial charge in [-0.15, -0.1) is 0 Å². The van der Waals surface area contributed by atoms with Crippen LogP contribution in [0.15, 0.2) is 194 Å². The fraction of sp³-hybridized carbons (Fsp3) is 0.216. The standard InChI is InChI=1S/C74H72.2BrH.Sn/c1-47-67(59-41-55(49-23-31-61(32-24-49)71(3,4)5)39-56(42-59)50-25-33-62(34-26-50)72(6,7)8)45-53-19-15-17-21-65(53)69(47)70-48(2)68(46-54-20-16-18-22-66(54)70)60-43-57(51-27-35-63(36-28-51)73(9,10)11)40-58(44-60)52-29-37-64(38-30-52)74(12,13)14;;;/h15-46H,1-2H2,3-14H3;2*1H;/q;;;+2/p-2. The summed E-state index contributed by atoms with van der Waals surface area (Å²) in [4.78, 5) is 0. The van der Waals surface area contributed by atoms with Crippen LogP contribution >= 0.6 is 0 Å². The molecule has 0 fully saturated rings. The largest absolute Gasteiger partial charge is 2.00 e. The van der Waals surface area contributed by atoms with Crippen molar-refractivity contribution in [2.75, 3.05) is 0 Å². The van der Waals surface area contributed by atoms with E-state index in [4.69, 9.17) is 13.2 Å². The van der Waals surface area contributed by atoms with Crippen molar-refractivity contribution in [1.29, 1.82) is 0 Å². The molecule has 2 radical (unpaired) electrons. The van der Waals surface area contributed by atoms with Crippen molar-refractivity contribution in [3.05, 3.63) is 237 Å². The third kappa shape index (κ3) is 12.1. The van der Waals surface area contributed by atoms with E-state index in [2.05, 4.69) is 277 Å². The van der Waals surface area contributed by atoms with Crippen molar-refractivity contribution < 1.29 is 34.0 Å². The quantitative estimate of drug-likeness (QED) is 0.146. The molecular formula is C74H72Br2Sn. The molecule has 0 spiro atoms. The van der Waals surface area contributed by atoms with Crippen LogP contribution in [0.25, 0.3) is 101 Å². The third-order valence-corrected chi connectivity index (χ3v) is 15.4. The predicted molar refractivity (Wildman–Crippen MR) is 329 cm³/mol. The summed E-state index contributed by atoms with van der Waals surface area (Å²) in [6.45, 7) is 37.5. The molecule has 0 aromatic heterocycles. The summed E-state index contributed by atoms with van der Waals surface area (Å²) in [5.41, 5.74) is 19.4. The Morgan fingerprint density at radius 2 is 0.481 bits per heavy atom. The fourth-order valence-electron chi connectivity index (χ4n) is 10.8. The molecule has 0 nitrogen and oxygen atoms in total. The second-order valence-electron chi connectivity index (χ2n) is 24.9. The number of benzene rings is 10. The molecule has 3 heteroatoms. The molecular weight excluding hydrogens is 1170 g/mol. The van der Waals surface area contributed by atoms with Gasteiger partial charge in [0.25, 0.3) is 0 Å².